The standard InChI is InChI=1S/C16H33NO2/c1-2-3-4-5-6-7-8-9-10-11-12-13-16(17-19)14-15-18/h16,18H,2-15H2,1H3. The summed E-state index contributed by atoms with van der Waals surface area (Å²) < 4.78 is 0. The first-order valence-electron chi connectivity index (χ1n) is 8.28. The summed E-state index contributed by atoms with van der Waals surface area (Å²) in [7, 11) is 0. The van der Waals surface area contributed by atoms with E-state index in [9.17, 15) is 4.91 Å². The van der Waals surface area contributed by atoms with Crippen LogP contribution in [0.1, 0.15) is 90.4 Å². The Morgan fingerprint density at radius 1 is 0.789 bits per heavy atom. The predicted octanol–water partition coefficient (Wildman–Crippen LogP) is 5.20. The molecule has 0 saturated carbocycles. The summed E-state index contributed by atoms with van der Waals surface area (Å²) in [6.07, 6.45) is 15.9. The molecule has 3 heteroatoms. The highest BCUT2D eigenvalue weighted by atomic mass is 16.3. The number of rotatable bonds is 15. The second-order valence-electron chi connectivity index (χ2n) is 5.60. The van der Waals surface area contributed by atoms with Gasteiger partial charge >= 0.3 is 0 Å². The van der Waals surface area contributed by atoms with Gasteiger partial charge in [-0.05, 0) is 12.8 Å². The molecule has 0 saturated heterocycles. The fraction of sp³-hybridized carbons (Fsp3) is 1.00. The molecule has 0 aromatic rings. The third kappa shape index (κ3) is 13.8. The lowest BCUT2D eigenvalue weighted by molar-refractivity contribution is 0.272. The van der Waals surface area contributed by atoms with E-state index in [1.807, 2.05) is 0 Å². The summed E-state index contributed by atoms with van der Waals surface area (Å²) in [4.78, 5) is 10.4. The Labute approximate surface area is 119 Å². The number of hydrogen-bond acceptors (Lipinski definition) is 3. The molecule has 0 aliphatic rings. The van der Waals surface area contributed by atoms with E-state index in [-0.39, 0.29) is 12.6 Å². The van der Waals surface area contributed by atoms with E-state index in [2.05, 4.69) is 12.1 Å². The third-order valence-electron chi connectivity index (χ3n) is 3.75. The van der Waals surface area contributed by atoms with Crippen LogP contribution in [0.2, 0.25) is 0 Å². The molecular weight excluding hydrogens is 238 g/mol. The SMILES string of the molecule is CCCCCCCCCCCCCC(CCO)N=O. The average Bonchev–Trinajstić information content (AvgIpc) is 2.43. The maximum atomic E-state index is 10.4. The summed E-state index contributed by atoms with van der Waals surface area (Å²) in [6.45, 7) is 2.33. The molecular formula is C16H33NO2. The second kappa shape index (κ2) is 15.6. The molecule has 0 amide bonds. The first kappa shape index (κ1) is 18.6. The van der Waals surface area contributed by atoms with Crippen LogP contribution in [-0.4, -0.2) is 17.8 Å². The summed E-state index contributed by atoms with van der Waals surface area (Å²) >= 11 is 0. The van der Waals surface area contributed by atoms with Crippen LogP contribution in [0.3, 0.4) is 0 Å². The van der Waals surface area contributed by atoms with Crippen LogP contribution in [0.5, 0.6) is 0 Å². The number of aliphatic hydroxyl groups excluding tert-OH is 1. The number of hydrogen-bond donors (Lipinski definition) is 1. The number of nitrogens with zero attached hydrogens (tertiary/aromatic N) is 1. The maximum Gasteiger partial charge on any atom is 0.0941 e. The van der Waals surface area contributed by atoms with Gasteiger partial charge in [-0.2, -0.15) is 4.91 Å². The lowest BCUT2D eigenvalue weighted by Gasteiger charge is -2.06. The Morgan fingerprint density at radius 2 is 1.26 bits per heavy atom. The molecule has 0 aliphatic carbocycles. The minimum absolute atomic E-state index is 0.0778. The molecule has 114 valence electrons. The minimum Gasteiger partial charge on any atom is -0.396 e. The van der Waals surface area contributed by atoms with Crippen molar-refractivity contribution < 1.29 is 5.11 Å². The summed E-state index contributed by atoms with van der Waals surface area (Å²) in [5, 5.41) is 11.8. The molecule has 1 atom stereocenters. The summed E-state index contributed by atoms with van der Waals surface area (Å²) in [5.41, 5.74) is 0. The first-order valence-corrected chi connectivity index (χ1v) is 8.28. The van der Waals surface area contributed by atoms with Crippen LogP contribution in [-0.2, 0) is 0 Å². The van der Waals surface area contributed by atoms with Gasteiger partial charge in [0.2, 0.25) is 0 Å². The van der Waals surface area contributed by atoms with Crippen LogP contribution in [0.25, 0.3) is 0 Å². The Bertz CT molecular complexity index is 186. The van der Waals surface area contributed by atoms with E-state index in [0.717, 1.165) is 12.8 Å². The van der Waals surface area contributed by atoms with Crippen LogP contribution >= 0.6 is 0 Å². The highest BCUT2D eigenvalue weighted by molar-refractivity contribution is 4.64. The Hall–Kier alpha value is -0.440. The summed E-state index contributed by atoms with van der Waals surface area (Å²) in [5.74, 6) is 0. The maximum absolute atomic E-state index is 10.4. The van der Waals surface area contributed by atoms with Gasteiger partial charge in [-0.15, -0.1) is 0 Å². The van der Waals surface area contributed by atoms with Crippen LogP contribution in [0, 0.1) is 4.91 Å². The van der Waals surface area contributed by atoms with E-state index in [1.54, 1.807) is 0 Å². The van der Waals surface area contributed by atoms with Crippen LogP contribution in [0.15, 0.2) is 5.18 Å². The highest BCUT2D eigenvalue weighted by Crippen LogP contribution is 2.14. The van der Waals surface area contributed by atoms with Crippen molar-refractivity contribution in [1.29, 1.82) is 0 Å². The largest absolute Gasteiger partial charge is 0.396 e. The third-order valence-corrected chi connectivity index (χ3v) is 3.75. The van der Waals surface area contributed by atoms with Crippen molar-refractivity contribution in [2.75, 3.05) is 6.61 Å². The van der Waals surface area contributed by atoms with Crippen molar-refractivity contribution in [3.05, 3.63) is 4.91 Å². The normalized spacial score (nSPS) is 12.5. The van der Waals surface area contributed by atoms with E-state index >= 15 is 0 Å². The quantitative estimate of drug-likeness (QED) is 0.328. The van der Waals surface area contributed by atoms with Crippen molar-refractivity contribution in [3.63, 3.8) is 0 Å². The van der Waals surface area contributed by atoms with Gasteiger partial charge in [-0.3, -0.25) is 0 Å². The molecule has 0 aromatic heterocycles. The molecule has 0 heterocycles. The van der Waals surface area contributed by atoms with E-state index < -0.39 is 0 Å². The molecule has 0 aromatic carbocycles. The molecule has 1 unspecified atom stereocenters. The van der Waals surface area contributed by atoms with Gasteiger partial charge in [-0.1, -0.05) is 82.7 Å². The monoisotopic (exact) mass is 271 g/mol. The molecule has 0 radical (unpaired) electrons. The predicted molar refractivity (Wildman–Crippen MR) is 82.4 cm³/mol. The van der Waals surface area contributed by atoms with Crippen molar-refractivity contribution in [2.45, 2.75) is 96.4 Å². The minimum atomic E-state index is -0.163. The van der Waals surface area contributed by atoms with Gasteiger partial charge in [0.15, 0.2) is 0 Å². The summed E-state index contributed by atoms with van der Waals surface area (Å²) in [6, 6.07) is -0.163. The molecule has 0 fully saturated rings. The second-order valence-corrected chi connectivity index (χ2v) is 5.60. The fourth-order valence-electron chi connectivity index (χ4n) is 2.44. The Morgan fingerprint density at radius 3 is 1.68 bits per heavy atom. The highest BCUT2D eigenvalue weighted by Gasteiger charge is 2.06. The van der Waals surface area contributed by atoms with E-state index in [4.69, 9.17) is 5.11 Å². The molecule has 3 nitrogen and oxygen atoms in total. The van der Waals surface area contributed by atoms with Crippen LogP contribution < -0.4 is 0 Å². The topological polar surface area (TPSA) is 49.7 Å². The van der Waals surface area contributed by atoms with Gasteiger partial charge in [0, 0.05) is 6.61 Å². The first-order chi connectivity index (χ1) is 9.35. The van der Waals surface area contributed by atoms with Gasteiger partial charge in [0.1, 0.15) is 0 Å². The average molecular weight is 271 g/mol. The molecule has 0 bridgehead atoms. The zero-order chi connectivity index (χ0) is 14.2. The number of nitroso groups, excluding NO2 is 1. The van der Waals surface area contributed by atoms with Gasteiger partial charge in [-0.25, -0.2) is 0 Å². The Balaban J connectivity index is 3.11. The van der Waals surface area contributed by atoms with Gasteiger partial charge in [0.05, 0.1) is 6.04 Å². The molecule has 19 heavy (non-hydrogen) atoms. The number of aliphatic hydroxyl groups is 1. The molecule has 0 spiro atoms. The Kier molecular flexibility index (Phi) is 15.3. The molecule has 0 rings (SSSR count). The van der Waals surface area contributed by atoms with Crippen molar-refractivity contribution >= 4 is 0 Å². The zero-order valence-corrected chi connectivity index (χ0v) is 12.8. The van der Waals surface area contributed by atoms with Gasteiger partial charge in [0.25, 0.3) is 0 Å². The lowest BCUT2D eigenvalue weighted by Crippen LogP contribution is -2.05. The smallest absolute Gasteiger partial charge is 0.0941 e. The van der Waals surface area contributed by atoms with Crippen molar-refractivity contribution in [3.8, 4) is 0 Å². The van der Waals surface area contributed by atoms with E-state index in [1.165, 1.54) is 64.2 Å². The molecule has 1 N–H and O–H groups in total. The van der Waals surface area contributed by atoms with Gasteiger partial charge < -0.3 is 5.11 Å². The van der Waals surface area contributed by atoms with Crippen molar-refractivity contribution in [2.24, 2.45) is 5.18 Å². The fourth-order valence-corrected chi connectivity index (χ4v) is 2.44. The molecule has 0 aliphatic heterocycles. The zero-order valence-electron chi connectivity index (χ0n) is 12.8. The van der Waals surface area contributed by atoms with Crippen molar-refractivity contribution in [1.82, 2.24) is 0 Å². The number of unbranched alkanes of at least 4 members (excludes halogenated alkanes) is 10. The van der Waals surface area contributed by atoms with E-state index in [0.29, 0.717) is 6.42 Å². The lowest BCUT2D eigenvalue weighted by atomic mass is 10.0. The van der Waals surface area contributed by atoms with Crippen LogP contribution in [0.4, 0.5) is 0 Å².